The van der Waals surface area contributed by atoms with E-state index in [0.717, 1.165) is 6.07 Å². The van der Waals surface area contributed by atoms with Crippen LogP contribution in [0.1, 0.15) is 15.9 Å². The molecule has 1 aliphatic rings. The Hall–Kier alpha value is -2.10. The lowest BCUT2D eigenvalue weighted by Gasteiger charge is -2.09. The highest BCUT2D eigenvalue weighted by Crippen LogP contribution is 2.39. The fourth-order valence-corrected chi connectivity index (χ4v) is 4.72. The smallest absolute Gasteiger partial charge is 0.337 e. The topological polar surface area (TPSA) is 104 Å². The molecule has 2 aromatic carbocycles. The number of fused-ring (bicyclic) bond motifs is 2. The summed E-state index contributed by atoms with van der Waals surface area (Å²) in [4.78, 5) is 11.2. The van der Waals surface area contributed by atoms with Gasteiger partial charge in [0.1, 0.15) is 16.4 Å². The number of hydrogen-bond donors (Lipinski definition) is 0. The maximum atomic E-state index is 12.7. The number of carbonyl (C=O) groups is 1. The number of carbonyl (C=O) groups excluding carboxylic acids is 1. The highest BCUT2D eigenvalue weighted by atomic mass is 35.7. The summed E-state index contributed by atoms with van der Waals surface area (Å²) >= 11 is 0. The molecule has 1 heterocycles. The van der Waals surface area contributed by atoms with E-state index in [4.69, 9.17) is 15.4 Å². The molecular weight excluding hydrogens is 392 g/mol. The van der Waals surface area contributed by atoms with E-state index in [1.54, 1.807) is 0 Å². The maximum Gasteiger partial charge on any atom is 0.337 e. The van der Waals surface area contributed by atoms with Gasteiger partial charge >= 0.3 is 5.97 Å². The molecule has 132 valence electrons. The molecule has 0 atom stereocenters. The van der Waals surface area contributed by atoms with Gasteiger partial charge in [0.25, 0.3) is 9.05 Å². The van der Waals surface area contributed by atoms with Crippen molar-refractivity contribution < 1.29 is 31.1 Å². The van der Waals surface area contributed by atoms with Crippen LogP contribution in [0.5, 0.6) is 11.5 Å². The van der Waals surface area contributed by atoms with E-state index in [-0.39, 0.29) is 32.4 Å². The highest BCUT2D eigenvalue weighted by molar-refractivity contribution is 8.13. The van der Waals surface area contributed by atoms with Crippen LogP contribution in [0.3, 0.4) is 0 Å². The Morgan fingerprint density at radius 1 is 1.16 bits per heavy atom. The number of halogens is 1. The van der Waals surface area contributed by atoms with Gasteiger partial charge in [0.15, 0.2) is 9.84 Å². The summed E-state index contributed by atoms with van der Waals surface area (Å²) in [5.74, 6) is -0.958. The Balaban J connectivity index is 2.17. The third-order valence-electron chi connectivity index (χ3n) is 3.58. The number of ether oxygens (including phenoxy) is 2. The summed E-state index contributed by atoms with van der Waals surface area (Å²) in [5, 5.41) is 0. The number of methoxy groups -OCH3 is 1. The Morgan fingerprint density at radius 2 is 1.84 bits per heavy atom. The number of sulfone groups is 1. The van der Waals surface area contributed by atoms with Gasteiger partial charge in [0.05, 0.1) is 23.3 Å². The van der Waals surface area contributed by atoms with Crippen molar-refractivity contribution in [3.8, 4) is 11.5 Å². The molecule has 0 saturated carbocycles. The predicted molar refractivity (Wildman–Crippen MR) is 88.2 cm³/mol. The Bertz CT molecular complexity index is 1090. The van der Waals surface area contributed by atoms with Crippen molar-refractivity contribution in [3.63, 3.8) is 0 Å². The molecule has 0 aromatic heterocycles. The lowest BCUT2D eigenvalue weighted by Crippen LogP contribution is -2.07. The zero-order valence-corrected chi connectivity index (χ0v) is 15.1. The van der Waals surface area contributed by atoms with Gasteiger partial charge in [-0.3, -0.25) is 0 Å². The van der Waals surface area contributed by atoms with E-state index in [9.17, 15) is 21.6 Å². The molecule has 0 amide bonds. The average molecular weight is 403 g/mol. The van der Waals surface area contributed by atoms with Crippen LogP contribution < -0.4 is 4.74 Å². The summed E-state index contributed by atoms with van der Waals surface area (Å²) in [7, 11) is -1.41. The quantitative estimate of drug-likeness (QED) is 0.561. The lowest BCUT2D eigenvalue weighted by molar-refractivity contribution is 0.0600. The monoisotopic (exact) mass is 402 g/mol. The summed E-state index contributed by atoms with van der Waals surface area (Å²) in [5.41, 5.74) is 0.209. The number of hydrogen-bond acceptors (Lipinski definition) is 7. The summed E-state index contributed by atoms with van der Waals surface area (Å²) < 4.78 is 58.4. The normalized spacial score (nSPS) is 15.3. The SMILES string of the molecule is COC(=O)c1ccc2c(c1)S(=O)(=O)Cc1cc(S(=O)(=O)Cl)ccc1O2. The molecule has 0 N–H and O–H groups in total. The second kappa shape index (κ2) is 6.01. The first-order valence-electron chi connectivity index (χ1n) is 6.82. The zero-order valence-electron chi connectivity index (χ0n) is 12.7. The molecule has 25 heavy (non-hydrogen) atoms. The Morgan fingerprint density at radius 3 is 2.48 bits per heavy atom. The van der Waals surface area contributed by atoms with E-state index in [1.807, 2.05) is 0 Å². The third-order valence-corrected chi connectivity index (χ3v) is 6.61. The van der Waals surface area contributed by atoms with E-state index in [1.165, 1.54) is 37.4 Å². The van der Waals surface area contributed by atoms with Crippen molar-refractivity contribution in [1.29, 1.82) is 0 Å². The molecule has 0 spiro atoms. The minimum absolute atomic E-state index is 0.0351. The number of benzene rings is 2. The van der Waals surface area contributed by atoms with Gasteiger partial charge in [-0.2, -0.15) is 0 Å². The molecule has 2 aromatic rings. The minimum atomic E-state index is -4.01. The van der Waals surface area contributed by atoms with Crippen LogP contribution in [-0.2, 0) is 29.4 Å². The Labute approximate surface area is 148 Å². The molecular formula is C15H11ClO7S2. The fourth-order valence-electron chi connectivity index (χ4n) is 2.40. The van der Waals surface area contributed by atoms with Gasteiger partial charge in [-0.15, -0.1) is 0 Å². The maximum absolute atomic E-state index is 12.7. The van der Waals surface area contributed by atoms with Gasteiger partial charge < -0.3 is 9.47 Å². The van der Waals surface area contributed by atoms with Crippen molar-refractivity contribution >= 4 is 35.5 Å². The van der Waals surface area contributed by atoms with E-state index in [2.05, 4.69) is 4.74 Å². The highest BCUT2D eigenvalue weighted by Gasteiger charge is 2.29. The zero-order chi connectivity index (χ0) is 18.4. The van der Waals surface area contributed by atoms with E-state index in [0.29, 0.717) is 0 Å². The van der Waals surface area contributed by atoms with Crippen molar-refractivity contribution in [2.75, 3.05) is 7.11 Å². The summed E-state index contributed by atoms with van der Waals surface area (Å²) in [6.07, 6.45) is 0. The molecule has 0 unspecified atom stereocenters. The van der Waals surface area contributed by atoms with Crippen LogP contribution in [0.25, 0.3) is 0 Å². The van der Waals surface area contributed by atoms with E-state index >= 15 is 0 Å². The third kappa shape index (κ3) is 3.35. The summed E-state index contributed by atoms with van der Waals surface area (Å²) in [6.45, 7) is 0. The van der Waals surface area contributed by atoms with Gasteiger partial charge in [-0.25, -0.2) is 21.6 Å². The first-order chi connectivity index (χ1) is 11.6. The molecule has 0 radical (unpaired) electrons. The van der Waals surface area contributed by atoms with Crippen LogP contribution in [0, 0.1) is 0 Å². The lowest BCUT2D eigenvalue weighted by atomic mass is 10.2. The van der Waals surface area contributed by atoms with Crippen LogP contribution in [0.4, 0.5) is 0 Å². The second-order valence-electron chi connectivity index (χ2n) is 5.22. The first-order valence-corrected chi connectivity index (χ1v) is 10.8. The van der Waals surface area contributed by atoms with Crippen LogP contribution >= 0.6 is 10.7 Å². The van der Waals surface area contributed by atoms with Crippen molar-refractivity contribution in [1.82, 2.24) is 0 Å². The van der Waals surface area contributed by atoms with Gasteiger partial charge in [-0.1, -0.05) is 0 Å². The van der Waals surface area contributed by atoms with Crippen LogP contribution in [0.15, 0.2) is 46.2 Å². The van der Waals surface area contributed by atoms with Gasteiger partial charge in [0, 0.05) is 16.2 Å². The molecule has 10 heteroatoms. The standard InChI is InChI=1S/C15H11ClO7S2/c1-22-15(17)9-2-4-13-14(7-9)24(18,19)8-10-6-11(25(16,20)21)3-5-12(10)23-13/h2-7H,8H2,1H3. The Kier molecular flexibility index (Phi) is 4.26. The molecule has 3 rings (SSSR count). The fraction of sp³-hybridized carbons (Fsp3) is 0.133. The molecule has 1 aliphatic heterocycles. The predicted octanol–water partition coefficient (Wildman–Crippen LogP) is 2.48. The van der Waals surface area contributed by atoms with Crippen molar-refractivity contribution in [2.45, 2.75) is 15.5 Å². The van der Waals surface area contributed by atoms with Gasteiger partial charge in [-0.05, 0) is 36.4 Å². The largest absolute Gasteiger partial charge is 0.465 e. The molecule has 0 bridgehead atoms. The number of esters is 1. The van der Waals surface area contributed by atoms with Gasteiger partial charge in [0.2, 0.25) is 0 Å². The molecule has 0 aliphatic carbocycles. The van der Waals surface area contributed by atoms with Crippen LogP contribution in [0.2, 0.25) is 0 Å². The first kappa shape index (κ1) is 17.7. The molecule has 0 saturated heterocycles. The molecule has 7 nitrogen and oxygen atoms in total. The van der Waals surface area contributed by atoms with E-state index < -0.39 is 30.6 Å². The second-order valence-corrected chi connectivity index (χ2v) is 9.75. The summed E-state index contributed by atoms with van der Waals surface area (Å²) in [6, 6.07) is 7.61. The van der Waals surface area contributed by atoms with Crippen molar-refractivity contribution in [2.24, 2.45) is 0 Å². The van der Waals surface area contributed by atoms with Crippen LogP contribution in [-0.4, -0.2) is 29.9 Å². The minimum Gasteiger partial charge on any atom is -0.465 e. The average Bonchev–Trinajstić information content (AvgIpc) is 2.65. The molecule has 0 fully saturated rings. The van der Waals surface area contributed by atoms with Crippen molar-refractivity contribution in [3.05, 3.63) is 47.5 Å². The number of rotatable bonds is 2.